The molecule has 1 aromatic carbocycles. The number of hydrogen-bond acceptors (Lipinski definition) is 4. The van der Waals surface area contributed by atoms with E-state index in [1.54, 1.807) is 17.2 Å². The van der Waals surface area contributed by atoms with Gasteiger partial charge in [0.15, 0.2) is 5.69 Å². The van der Waals surface area contributed by atoms with Crippen LogP contribution in [0.25, 0.3) is 5.69 Å². The molecule has 0 saturated carbocycles. The lowest BCUT2D eigenvalue weighted by Gasteiger charge is -2.07. The normalized spacial score (nSPS) is 10.7. The van der Waals surface area contributed by atoms with Gasteiger partial charge in [0.25, 0.3) is 5.91 Å². The molecule has 3 aromatic rings. The highest BCUT2D eigenvalue weighted by Gasteiger charge is 2.11. The predicted molar refractivity (Wildman–Crippen MR) is 86.7 cm³/mol. The van der Waals surface area contributed by atoms with E-state index in [1.165, 1.54) is 0 Å². The summed E-state index contributed by atoms with van der Waals surface area (Å²) in [4.78, 5) is 16.4. The van der Waals surface area contributed by atoms with E-state index in [4.69, 9.17) is 0 Å². The van der Waals surface area contributed by atoms with Crippen molar-refractivity contribution < 1.29 is 4.79 Å². The third-order valence-electron chi connectivity index (χ3n) is 3.75. The van der Waals surface area contributed by atoms with Crippen molar-refractivity contribution in [3.05, 3.63) is 53.9 Å². The first-order chi connectivity index (χ1) is 11.1. The van der Waals surface area contributed by atoms with Crippen molar-refractivity contribution in [2.24, 2.45) is 0 Å². The molecule has 118 valence electrons. The van der Waals surface area contributed by atoms with Gasteiger partial charge in [-0.25, -0.2) is 4.98 Å². The Bertz CT molecular complexity index is 831. The van der Waals surface area contributed by atoms with Crippen LogP contribution in [0.5, 0.6) is 0 Å². The van der Waals surface area contributed by atoms with Gasteiger partial charge in [0.1, 0.15) is 0 Å². The van der Waals surface area contributed by atoms with Gasteiger partial charge in [-0.15, -0.1) is 5.10 Å². The van der Waals surface area contributed by atoms with Crippen molar-refractivity contribution in [2.45, 2.75) is 27.3 Å². The molecule has 7 heteroatoms. The molecule has 0 bridgehead atoms. The average molecular weight is 310 g/mol. The quantitative estimate of drug-likeness (QED) is 0.802. The number of aryl methyl sites for hydroxylation is 2. The van der Waals surface area contributed by atoms with E-state index in [9.17, 15) is 4.79 Å². The molecule has 0 fully saturated rings. The minimum Gasteiger partial charge on any atom is -0.321 e. The van der Waals surface area contributed by atoms with Crippen LogP contribution >= 0.6 is 0 Å². The molecule has 0 atom stereocenters. The first-order valence-electron chi connectivity index (χ1n) is 7.41. The van der Waals surface area contributed by atoms with Crippen molar-refractivity contribution >= 4 is 11.6 Å². The summed E-state index contributed by atoms with van der Waals surface area (Å²) in [6, 6.07) is 7.58. The van der Waals surface area contributed by atoms with Crippen molar-refractivity contribution in [2.75, 3.05) is 5.32 Å². The molecule has 0 saturated heterocycles. The summed E-state index contributed by atoms with van der Waals surface area (Å²) in [6.45, 7) is 6.62. The zero-order valence-corrected chi connectivity index (χ0v) is 13.3. The molecule has 23 heavy (non-hydrogen) atoms. The number of imidazole rings is 1. The highest BCUT2D eigenvalue weighted by molar-refractivity contribution is 6.02. The highest BCUT2D eigenvalue weighted by atomic mass is 16.2. The smallest absolute Gasteiger partial charge is 0.277 e. The van der Waals surface area contributed by atoms with E-state index in [1.807, 2.05) is 49.6 Å². The standard InChI is InChI=1S/C16H18N6O/c1-4-21-9-15(19-20-21)16(23)18-13-5-7-14(8-6-13)22-10-17-11(2)12(22)3/h5-10H,4H2,1-3H3,(H,18,23). The number of nitrogens with one attached hydrogen (secondary N) is 1. The number of rotatable bonds is 4. The Balaban J connectivity index is 1.74. The Morgan fingerprint density at radius 2 is 1.96 bits per heavy atom. The molecule has 1 N–H and O–H groups in total. The van der Waals surface area contributed by atoms with Crippen LogP contribution in [0.2, 0.25) is 0 Å². The summed E-state index contributed by atoms with van der Waals surface area (Å²) >= 11 is 0. The molecule has 3 rings (SSSR count). The van der Waals surface area contributed by atoms with Gasteiger partial charge in [-0.3, -0.25) is 9.48 Å². The first-order valence-corrected chi connectivity index (χ1v) is 7.41. The van der Waals surface area contributed by atoms with Crippen LogP contribution in [0, 0.1) is 13.8 Å². The zero-order chi connectivity index (χ0) is 16.4. The van der Waals surface area contributed by atoms with Gasteiger partial charge in [-0.05, 0) is 45.0 Å². The number of nitrogens with zero attached hydrogens (tertiary/aromatic N) is 5. The Labute approximate surface area is 134 Å². The average Bonchev–Trinajstić information content (AvgIpc) is 3.16. The molecule has 2 heterocycles. The van der Waals surface area contributed by atoms with Gasteiger partial charge in [-0.2, -0.15) is 0 Å². The minimum absolute atomic E-state index is 0.271. The maximum Gasteiger partial charge on any atom is 0.277 e. The van der Waals surface area contributed by atoms with E-state index in [-0.39, 0.29) is 5.91 Å². The number of benzene rings is 1. The molecule has 0 aliphatic carbocycles. The fourth-order valence-corrected chi connectivity index (χ4v) is 2.22. The third-order valence-corrected chi connectivity index (χ3v) is 3.75. The lowest BCUT2D eigenvalue weighted by atomic mass is 10.2. The summed E-state index contributed by atoms with van der Waals surface area (Å²) in [7, 11) is 0. The Kier molecular flexibility index (Phi) is 3.92. The molecule has 0 radical (unpaired) electrons. The van der Waals surface area contributed by atoms with E-state index in [0.717, 1.165) is 17.1 Å². The van der Waals surface area contributed by atoms with Gasteiger partial charge < -0.3 is 9.88 Å². The number of carbonyl (C=O) groups excluding carboxylic acids is 1. The van der Waals surface area contributed by atoms with Crippen molar-refractivity contribution in [3.63, 3.8) is 0 Å². The maximum atomic E-state index is 12.1. The molecule has 0 unspecified atom stereocenters. The molecule has 0 aliphatic heterocycles. The summed E-state index contributed by atoms with van der Waals surface area (Å²) in [5, 5.41) is 10.5. The van der Waals surface area contributed by atoms with E-state index in [2.05, 4.69) is 20.6 Å². The van der Waals surface area contributed by atoms with Crippen LogP contribution < -0.4 is 5.32 Å². The van der Waals surface area contributed by atoms with Crippen LogP contribution in [0.15, 0.2) is 36.8 Å². The molecule has 1 amide bonds. The summed E-state index contributed by atoms with van der Waals surface area (Å²) in [5.41, 5.74) is 4.11. The number of carbonyl (C=O) groups is 1. The van der Waals surface area contributed by atoms with E-state index < -0.39 is 0 Å². The summed E-state index contributed by atoms with van der Waals surface area (Å²) < 4.78 is 3.62. The molecular formula is C16H18N6O. The van der Waals surface area contributed by atoms with Gasteiger partial charge in [-0.1, -0.05) is 5.21 Å². The van der Waals surface area contributed by atoms with Crippen molar-refractivity contribution in [1.82, 2.24) is 24.5 Å². The molecular weight excluding hydrogens is 292 g/mol. The molecule has 0 aliphatic rings. The van der Waals surface area contributed by atoms with E-state index >= 15 is 0 Å². The fraction of sp³-hybridized carbons (Fsp3) is 0.250. The second-order valence-corrected chi connectivity index (χ2v) is 5.25. The lowest BCUT2D eigenvalue weighted by molar-refractivity contribution is 0.102. The fourth-order valence-electron chi connectivity index (χ4n) is 2.22. The number of anilines is 1. The van der Waals surface area contributed by atoms with Crippen molar-refractivity contribution in [3.8, 4) is 5.69 Å². The minimum atomic E-state index is -0.271. The SMILES string of the molecule is CCn1cc(C(=O)Nc2ccc(-n3cnc(C)c3C)cc2)nn1. The van der Waals surface area contributed by atoms with Crippen LogP contribution in [0.1, 0.15) is 28.8 Å². The van der Waals surface area contributed by atoms with Crippen LogP contribution in [-0.4, -0.2) is 30.5 Å². The second-order valence-electron chi connectivity index (χ2n) is 5.25. The number of hydrogen-bond donors (Lipinski definition) is 1. The largest absolute Gasteiger partial charge is 0.321 e. The lowest BCUT2D eigenvalue weighted by Crippen LogP contribution is -2.12. The Hall–Kier alpha value is -2.96. The topological polar surface area (TPSA) is 77.6 Å². The number of aromatic nitrogens is 5. The summed E-state index contributed by atoms with van der Waals surface area (Å²) in [6.07, 6.45) is 3.42. The van der Waals surface area contributed by atoms with E-state index in [0.29, 0.717) is 17.9 Å². The highest BCUT2D eigenvalue weighted by Crippen LogP contribution is 2.17. The Morgan fingerprint density at radius 3 is 2.52 bits per heavy atom. The van der Waals surface area contributed by atoms with Gasteiger partial charge in [0, 0.05) is 23.6 Å². The monoisotopic (exact) mass is 310 g/mol. The van der Waals surface area contributed by atoms with Gasteiger partial charge in [0.05, 0.1) is 18.2 Å². The molecule has 7 nitrogen and oxygen atoms in total. The zero-order valence-electron chi connectivity index (χ0n) is 13.3. The predicted octanol–water partition coefficient (Wildman–Crippen LogP) is 2.35. The van der Waals surface area contributed by atoms with Crippen LogP contribution in [-0.2, 0) is 6.54 Å². The first kappa shape index (κ1) is 15.0. The van der Waals surface area contributed by atoms with Crippen molar-refractivity contribution in [1.29, 1.82) is 0 Å². The third kappa shape index (κ3) is 2.98. The summed E-state index contributed by atoms with van der Waals surface area (Å²) in [5.74, 6) is -0.271. The van der Waals surface area contributed by atoms with Gasteiger partial charge >= 0.3 is 0 Å². The number of amides is 1. The maximum absolute atomic E-state index is 12.1. The second kappa shape index (κ2) is 6.04. The van der Waals surface area contributed by atoms with Crippen LogP contribution in [0.3, 0.4) is 0 Å². The molecule has 2 aromatic heterocycles. The van der Waals surface area contributed by atoms with Crippen LogP contribution in [0.4, 0.5) is 5.69 Å². The van der Waals surface area contributed by atoms with Gasteiger partial charge in [0.2, 0.25) is 0 Å². The molecule has 0 spiro atoms. The Morgan fingerprint density at radius 1 is 1.22 bits per heavy atom.